The number of benzene rings is 1. The minimum absolute atomic E-state index is 1.08. The highest BCUT2D eigenvalue weighted by atomic mass is 15.2. The van der Waals surface area contributed by atoms with Gasteiger partial charge < -0.3 is 14.8 Å². The first-order valence-corrected chi connectivity index (χ1v) is 5.86. The summed E-state index contributed by atoms with van der Waals surface area (Å²) in [5.74, 6) is 0. The summed E-state index contributed by atoms with van der Waals surface area (Å²) in [5.41, 5.74) is 2.72. The molecule has 1 fully saturated rings. The van der Waals surface area contributed by atoms with Crippen LogP contribution >= 0.6 is 0 Å². The third-order valence-electron chi connectivity index (χ3n) is 3.33. The first-order chi connectivity index (χ1) is 7.86. The van der Waals surface area contributed by atoms with Crippen LogP contribution in [0.2, 0.25) is 0 Å². The van der Waals surface area contributed by atoms with Crippen molar-refractivity contribution in [3.63, 3.8) is 0 Å². The topological polar surface area (TPSA) is 20.2 Å². The summed E-state index contributed by atoms with van der Waals surface area (Å²) in [6.45, 7) is 4.37. The van der Waals surface area contributed by atoms with Crippen LogP contribution in [0.3, 0.4) is 0 Å². The summed E-state index contributed by atoms with van der Waals surface area (Å²) >= 11 is 0. The number of rotatable bonds is 1. The number of nitrogens with zero attached hydrogens (tertiary/aromatic N) is 2. The van der Waals surface area contributed by atoms with Crippen LogP contribution in [0.15, 0.2) is 30.5 Å². The molecule has 16 heavy (non-hydrogen) atoms. The number of para-hydroxylation sites is 1. The van der Waals surface area contributed by atoms with Crippen LogP contribution in [0.4, 0.5) is 5.69 Å². The second-order valence-electron chi connectivity index (χ2n) is 4.38. The molecule has 1 aliphatic heterocycles. The van der Waals surface area contributed by atoms with Gasteiger partial charge in [0.25, 0.3) is 0 Å². The Labute approximate surface area is 95.7 Å². The molecule has 3 rings (SSSR count). The Kier molecular flexibility index (Phi) is 2.33. The molecule has 0 aliphatic carbocycles. The monoisotopic (exact) mass is 215 g/mol. The van der Waals surface area contributed by atoms with Gasteiger partial charge in [-0.05, 0) is 12.1 Å². The van der Waals surface area contributed by atoms with Gasteiger partial charge in [0, 0.05) is 44.8 Å². The van der Waals surface area contributed by atoms with Gasteiger partial charge in [-0.1, -0.05) is 12.1 Å². The molecule has 1 aromatic heterocycles. The lowest BCUT2D eigenvalue weighted by Crippen LogP contribution is -2.43. The molecule has 3 heteroatoms. The number of hydrogen-bond acceptors (Lipinski definition) is 2. The summed E-state index contributed by atoms with van der Waals surface area (Å²) in [5, 5.41) is 4.72. The SMILES string of the molecule is Cn1ccc2cccc(N3CCNCC3)c21. The van der Waals surface area contributed by atoms with Gasteiger partial charge in [0.15, 0.2) is 0 Å². The number of aryl methyl sites for hydroxylation is 1. The molecular weight excluding hydrogens is 198 g/mol. The Morgan fingerprint density at radius 2 is 1.94 bits per heavy atom. The van der Waals surface area contributed by atoms with Gasteiger partial charge in [0.05, 0.1) is 11.2 Å². The summed E-state index contributed by atoms with van der Waals surface area (Å²) in [7, 11) is 2.12. The summed E-state index contributed by atoms with van der Waals surface area (Å²) in [4.78, 5) is 2.47. The second kappa shape index (κ2) is 3.83. The van der Waals surface area contributed by atoms with Crippen molar-refractivity contribution in [1.29, 1.82) is 0 Å². The Balaban J connectivity index is 2.10. The van der Waals surface area contributed by atoms with Crippen LogP contribution in [0.5, 0.6) is 0 Å². The van der Waals surface area contributed by atoms with Crippen molar-refractivity contribution < 1.29 is 0 Å². The molecule has 0 unspecified atom stereocenters. The van der Waals surface area contributed by atoms with E-state index in [0.29, 0.717) is 0 Å². The lowest BCUT2D eigenvalue weighted by molar-refractivity contribution is 0.590. The average molecular weight is 215 g/mol. The van der Waals surface area contributed by atoms with Crippen LogP contribution in [0, 0.1) is 0 Å². The van der Waals surface area contributed by atoms with Crippen molar-refractivity contribution in [3.8, 4) is 0 Å². The third-order valence-corrected chi connectivity index (χ3v) is 3.33. The van der Waals surface area contributed by atoms with Gasteiger partial charge in [-0.3, -0.25) is 0 Å². The minimum atomic E-state index is 1.08. The van der Waals surface area contributed by atoms with Crippen molar-refractivity contribution in [3.05, 3.63) is 30.5 Å². The van der Waals surface area contributed by atoms with E-state index in [2.05, 4.69) is 52.3 Å². The highest BCUT2D eigenvalue weighted by Crippen LogP contribution is 2.27. The first-order valence-electron chi connectivity index (χ1n) is 5.86. The number of nitrogens with one attached hydrogen (secondary N) is 1. The van der Waals surface area contributed by atoms with Crippen LogP contribution in [0.25, 0.3) is 10.9 Å². The first kappa shape index (κ1) is 9.73. The highest BCUT2D eigenvalue weighted by Gasteiger charge is 2.14. The summed E-state index contributed by atoms with van der Waals surface area (Å²) in [6, 6.07) is 8.75. The van der Waals surface area contributed by atoms with E-state index < -0.39 is 0 Å². The van der Waals surface area contributed by atoms with E-state index in [-0.39, 0.29) is 0 Å². The van der Waals surface area contributed by atoms with Gasteiger partial charge >= 0.3 is 0 Å². The fraction of sp³-hybridized carbons (Fsp3) is 0.385. The fourth-order valence-electron chi connectivity index (χ4n) is 2.50. The standard InChI is InChI=1S/C13H17N3/c1-15-8-5-11-3-2-4-12(13(11)15)16-9-6-14-7-10-16/h2-5,8,14H,6-7,9-10H2,1H3. The molecule has 0 atom stereocenters. The van der Waals surface area contributed by atoms with E-state index in [1.807, 2.05) is 0 Å². The van der Waals surface area contributed by atoms with Crippen LogP contribution in [-0.4, -0.2) is 30.7 Å². The molecule has 1 aromatic carbocycles. The molecular formula is C13H17N3. The van der Waals surface area contributed by atoms with Crippen LogP contribution in [0.1, 0.15) is 0 Å². The average Bonchev–Trinajstić information content (AvgIpc) is 2.73. The van der Waals surface area contributed by atoms with Crippen LogP contribution < -0.4 is 10.2 Å². The van der Waals surface area contributed by atoms with Gasteiger partial charge in [0.2, 0.25) is 0 Å². The van der Waals surface area contributed by atoms with Gasteiger partial charge in [-0.15, -0.1) is 0 Å². The van der Waals surface area contributed by atoms with E-state index in [1.54, 1.807) is 0 Å². The van der Waals surface area contributed by atoms with Crippen molar-refractivity contribution in [2.75, 3.05) is 31.1 Å². The van der Waals surface area contributed by atoms with Crippen LogP contribution in [-0.2, 0) is 7.05 Å². The molecule has 0 saturated carbocycles. The molecule has 0 radical (unpaired) electrons. The van der Waals surface area contributed by atoms with Crippen molar-refractivity contribution in [1.82, 2.24) is 9.88 Å². The smallest absolute Gasteiger partial charge is 0.0715 e. The second-order valence-corrected chi connectivity index (χ2v) is 4.38. The zero-order valence-electron chi connectivity index (χ0n) is 9.61. The van der Waals surface area contributed by atoms with E-state index in [4.69, 9.17) is 0 Å². The highest BCUT2D eigenvalue weighted by molar-refractivity contribution is 5.92. The van der Waals surface area contributed by atoms with Crippen molar-refractivity contribution in [2.45, 2.75) is 0 Å². The van der Waals surface area contributed by atoms with E-state index in [1.165, 1.54) is 16.6 Å². The largest absolute Gasteiger partial charge is 0.367 e. The molecule has 2 aromatic rings. The minimum Gasteiger partial charge on any atom is -0.367 e. The summed E-state index contributed by atoms with van der Waals surface area (Å²) in [6.07, 6.45) is 2.14. The zero-order chi connectivity index (χ0) is 11.0. The molecule has 0 bridgehead atoms. The lowest BCUT2D eigenvalue weighted by Gasteiger charge is -2.30. The van der Waals surface area contributed by atoms with E-state index in [0.717, 1.165) is 26.2 Å². The quantitative estimate of drug-likeness (QED) is 0.779. The van der Waals surface area contributed by atoms with Gasteiger partial charge in [-0.25, -0.2) is 0 Å². The Hall–Kier alpha value is -1.48. The third kappa shape index (κ3) is 1.48. The maximum atomic E-state index is 3.39. The molecule has 0 amide bonds. The van der Waals surface area contributed by atoms with E-state index >= 15 is 0 Å². The predicted molar refractivity (Wildman–Crippen MR) is 68.0 cm³/mol. The fourth-order valence-corrected chi connectivity index (χ4v) is 2.50. The number of hydrogen-bond donors (Lipinski definition) is 1. The molecule has 2 heterocycles. The van der Waals surface area contributed by atoms with Gasteiger partial charge in [0.1, 0.15) is 0 Å². The maximum absolute atomic E-state index is 3.39. The molecule has 1 N–H and O–H groups in total. The van der Waals surface area contributed by atoms with Crippen molar-refractivity contribution in [2.24, 2.45) is 7.05 Å². The Morgan fingerprint density at radius 1 is 1.12 bits per heavy atom. The normalized spacial score (nSPS) is 16.9. The number of fused-ring (bicyclic) bond motifs is 1. The molecule has 3 nitrogen and oxygen atoms in total. The Bertz CT molecular complexity index is 495. The molecule has 1 aliphatic rings. The number of anilines is 1. The van der Waals surface area contributed by atoms with Crippen molar-refractivity contribution >= 4 is 16.6 Å². The lowest BCUT2D eigenvalue weighted by atomic mass is 10.2. The molecule has 84 valence electrons. The Morgan fingerprint density at radius 3 is 2.75 bits per heavy atom. The predicted octanol–water partition coefficient (Wildman–Crippen LogP) is 1.59. The summed E-state index contributed by atoms with van der Waals surface area (Å²) < 4.78 is 2.21. The zero-order valence-corrected chi connectivity index (χ0v) is 9.61. The molecule has 1 saturated heterocycles. The molecule has 0 spiro atoms. The number of aromatic nitrogens is 1. The number of piperazine rings is 1. The maximum Gasteiger partial charge on any atom is 0.0715 e. The van der Waals surface area contributed by atoms with Gasteiger partial charge in [-0.2, -0.15) is 0 Å². The van der Waals surface area contributed by atoms with E-state index in [9.17, 15) is 0 Å².